The summed E-state index contributed by atoms with van der Waals surface area (Å²) in [5.41, 5.74) is 0.644. The fraction of sp³-hybridized carbons (Fsp3) is 0.333. The second-order valence-corrected chi connectivity index (χ2v) is 6.72. The van der Waals surface area contributed by atoms with Crippen molar-refractivity contribution in [2.24, 2.45) is 12.1 Å². The Morgan fingerprint density at radius 2 is 1.89 bits per heavy atom. The highest BCUT2D eigenvalue weighted by Crippen LogP contribution is 2.28. The molecular weight excluding hydrogens is 351 g/mol. The van der Waals surface area contributed by atoms with E-state index >= 15 is 0 Å². The molecule has 1 aliphatic heterocycles. The lowest BCUT2D eigenvalue weighted by Gasteiger charge is -2.26. The van der Waals surface area contributed by atoms with Crippen molar-refractivity contribution in [3.8, 4) is 0 Å². The molecule has 1 aromatic carbocycles. The van der Waals surface area contributed by atoms with Crippen LogP contribution in [0.25, 0.3) is 11.2 Å². The van der Waals surface area contributed by atoms with E-state index in [0.29, 0.717) is 11.5 Å². The van der Waals surface area contributed by atoms with Crippen molar-refractivity contribution in [3.63, 3.8) is 0 Å². The molecule has 140 valence electrons. The number of rotatable bonds is 2. The molecule has 1 aliphatic rings. The van der Waals surface area contributed by atoms with Gasteiger partial charge in [0.2, 0.25) is 5.95 Å². The van der Waals surface area contributed by atoms with E-state index in [1.807, 2.05) is 13.8 Å². The van der Waals surface area contributed by atoms with Gasteiger partial charge in [-0.3, -0.25) is 18.5 Å². The summed E-state index contributed by atoms with van der Waals surface area (Å²) in [5.74, 6) is 0.0248. The number of aryl methyl sites for hydroxylation is 1. The van der Waals surface area contributed by atoms with Crippen LogP contribution in [0, 0.1) is 5.82 Å². The second-order valence-electron chi connectivity index (χ2n) is 6.72. The van der Waals surface area contributed by atoms with E-state index in [9.17, 15) is 14.0 Å². The van der Waals surface area contributed by atoms with Crippen molar-refractivity contribution in [2.45, 2.75) is 26.4 Å². The summed E-state index contributed by atoms with van der Waals surface area (Å²) in [6.07, 6.45) is 0. The lowest BCUT2D eigenvalue weighted by molar-refractivity contribution is 0.581. The van der Waals surface area contributed by atoms with Gasteiger partial charge >= 0.3 is 5.69 Å². The zero-order chi connectivity index (χ0) is 19.5. The number of nitrogens with zero attached hydrogens (tertiary/aromatic N) is 6. The number of fused-ring (bicyclic) bond motifs is 3. The summed E-state index contributed by atoms with van der Waals surface area (Å²) >= 11 is 0. The molecule has 0 saturated heterocycles. The molecule has 0 amide bonds. The summed E-state index contributed by atoms with van der Waals surface area (Å²) in [5, 5.41) is 5.99. The minimum absolute atomic E-state index is 0.147. The minimum atomic E-state index is -0.542. The maximum absolute atomic E-state index is 14.1. The Bertz CT molecular complexity index is 1220. The van der Waals surface area contributed by atoms with Crippen LogP contribution in [0.3, 0.4) is 0 Å². The van der Waals surface area contributed by atoms with E-state index in [-0.39, 0.29) is 23.8 Å². The summed E-state index contributed by atoms with van der Waals surface area (Å²) in [7, 11) is 3.29. The van der Waals surface area contributed by atoms with Crippen LogP contribution in [-0.4, -0.2) is 31.4 Å². The number of hydrazone groups is 1. The predicted molar refractivity (Wildman–Crippen MR) is 101 cm³/mol. The molecule has 0 aliphatic carbocycles. The average Bonchev–Trinajstić information content (AvgIpc) is 3.04. The van der Waals surface area contributed by atoms with Crippen LogP contribution in [0.2, 0.25) is 0 Å². The lowest BCUT2D eigenvalue weighted by atomic mass is 10.2. The first-order chi connectivity index (χ1) is 12.8. The third-order valence-electron chi connectivity index (χ3n) is 5.03. The van der Waals surface area contributed by atoms with Gasteiger partial charge in [-0.25, -0.2) is 14.2 Å². The second kappa shape index (κ2) is 5.90. The number of benzene rings is 1. The third-order valence-corrected chi connectivity index (χ3v) is 5.03. The Kier molecular flexibility index (Phi) is 3.76. The quantitative estimate of drug-likeness (QED) is 0.684. The first-order valence-electron chi connectivity index (χ1n) is 8.55. The van der Waals surface area contributed by atoms with Crippen molar-refractivity contribution in [2.75, 3.05) is 12.1 Å². The van der Waals surface area contributed by atoms with Crippen LogP contribution in [0.4, 0.5) is 10.3 Å². The molecule has 27 heavy (non-hydrogen) atoms. The van der Waals surface area contributed by atoms with E-state index in [1.165, 1.54) is 10.6 Å². The lowest BCUT2D eigenvalue weighted by Crippen LogP contribution is -2.40. The van der Waals surface area contributed by atoms with E-state index in [0.717, 1.165) is 10.3 Å². The van der Waals surface area contributed by atoms with Gasteiger partial charge in [-0.15, -0.1) is 0 Å². The maximum atomic E-state index is 14.1. The molecule has 0 fully saturated rings. The van der Waals surface area contributed by atoms with Crippen LogP contribution in [0.5, 0.6) is 0 Å². The van der Waals surface area contributed by atoms with Gasteiger partial charge in [0.05, 0.1) is 18.3 Å². The summed E-state index contributed by atoms with van der Waals surface area (Å²) in [6, 6.07) is 5.92. The number of imidazole rings is 1. The molecule has 0 N–H and O–H groups in total. The van der Waals surface area contributed by atoms with Crippen molar-refractivity contribution < 1.29 is 4.39 Å². The first-order valence-corrected chi connectivity index (χ1v) is 8.55. The molecule has 4 rings (SSSR count). The largest absolute Gasteiger partial charge is 0.332 e. The molecule has 1 unspecified atom stereocenters. The topological polar surface area (TPSA) is 77.4 Å². The normalized spacial score (nSPS) is 16.6. The molecular formula is C18H19FN6O2. The monoisotopic (exact) mass is 370 g/mol. The minimum Gasteiger partial charge on any atom is -0.294 e. The Hall–Kier alpha value is -3.23. The van der Waals surface area contributed by atoms with Gasteiger partial charge in [0.1, 0.15) is 5.82 Å². The Morgan fingerprint density at radius 1 is 1.19 bits per heavy atom. The van der Waals surface area contributed by atoms with Crippen LogP contribution in [0.1, 0.15) is 25.5 Å². The van der Waals surface area contributed by atoms with E-state index in [2.05, 4.69) is 10.1 Å². The average molecular weight is 370 g/mol. The molecule has 0 bridgehead atoms. The van der Waals surface area contributed by atoms with Gasteiger partial charge in [0, 0.05) is 19.7 Å². The smallest absolute Gasteiger partial charge is 0.294 e. The molecule has 1 atom stereocenters. The number of halogens is 1. The fourth-order valence-electron chi connectivity index (χ4n) is 3.41. The zero-order valence-corrected chi connectivity index (χ0v) is 15.5. The summed E-state index contributed by atoms with van der Waals surface area (Å²) < 4.78 is 18.2. The molecule has 9 heteroatoms. The predicted octanol–water partition coefficient (Wildman–Crippen LogP) is 1.47. The number of anilines is 1. The van der Waals surface area contributed by atoms with Crippen LogP contribution < -0.4 is 16.3 Å². The Morgan fingerprint density at radius 3 is 2.59 bits per heavy atom. The molecule has 2 aromatic heterocycles. The summed E-state index contributed by atoms with van der Waals surface area (Å²) in [4.78, 5) is 30.5. The molecule has 3 aromatic rings. The SMILES string of the molecule is CC1=NN(C)c2nc3c(c(=O)n(Cc4ccccc4F)c(=O)n3C)n2C1C. The fourth-order valence-corrected chi connectivity index (χ4v) is 3.41. The van der Waals surface area contributed by atoms with Crippen LogP contribution >= 0.6 is 0 Å². The first kappa shape index (κ1) is 17.2. The van der Waals surface area contributed by atoms with Gasteiger partial charge in [-0.1, -0.05) is 18.2 Å². The van der Waals surface area contributed by atoms with E-state index < -0.39 is 17.1 Å². The maximum Gasteiger partial charge on any atom is 0.332 e. The van der Waals surface area contributed by atoms with Gasteiger partial charge in [-0.05, 0) is 19.9 Å². The number of aromatic nitrogens is 4. The molecule has 3 heterocycles. The van der Waals surface area contributed by atoms with Crippen molar-refractivity contribution in [1.29, 1.82) is 0 Å². The molecule has 8 nitrogen and oxygen atoms in total. The van der Waals surface area contributed by atoms with E-state index in [4.69, 9.17) is 0 Å². The van der Waals surface area contributed by atoms with Gasteiger partial charge in [0.15, 0.2) is 11.2 Å². The number of hydrogen-bond acceptors (Lipinski definition) is 5. The van der Waals surface area contributed by atoms with E-state index in [1.54, 1.807) is 41.9 Å². The molecule has 0 radical (unpaired) electrons. The molecule has 0 spiro atoms. The molecule has 0 saturated carbocycles. The van der Waals surface area contributed by atoms with Crippen molar-refractivity contribution in [3.05, 3.63) is 56.5 Å². The highest BCUT2D eigenvalue weighted by Gasteiger charge is 2.29. The van der Waals surface area contributed by atoms with Gasteiger partial charge in [0.25, 0.3) is 5.56 Å². The Labute approximate surface area is 153 Å². The van der Waals surface area contributed by atoms with Crippen LogP contribution in [-0.2, 0) is 13.6 Å². The zero-order valence-electron chi connectivity index (χ0n) is 15.5. The van der Waals surface area contributed by atoms with Gasteiger partial charge < -0.3 is 0 Å². The van der Waals surface area contributed by atoms with Crippen LogP contribution in [0.15, 0.2) is 39.0 Å². The highest BCUT2D eigenvalue weighted by molar-refractivity contribution is 5.90. The highest BCUT2D eigenvalue weighted by atomic mass is 19.1. The summed E-state index contributed by atoms with van der Waals surface area (Å²) in [6.45, 7) is 3.64. The Balaban J connectivity index is 2.03. The number of hydrogen-bond donors (Lipinski definition) is 0. The third kappa shape index (κ3) is 2.42. The standard InChI is InChI=1S/C18H19FN6O2/c1-10-11(2)25-14-15(20-17(25)23(4)21-10)22(3)18(27)24(16(14)26)9-12-7-5-6-8-13(12)19/h5-8,11H,9H2,1-4H3. The van der Waals surface area contributed by atoms with Gasteiger partial charge in [-0.2, -0.15) is 10.1 Å². The van der Waals surface area contributed by atoms with Crippen molar-refractivity contribution >= 4 is 22.8 Å². The van der Waals surface area contributed by atoms with Crippen molar-refractivity contribution in [1.82, 2.24) is 18.7 Å².